The van der Waals surface area contributed by atoms with Gasteiger partial charge in [-0.05, 0) is 33.0 Å². The van der Waals surface area contributed by atoms with Gasteiger partial charge in [0.2, 0.25) is 0 Å². The van der Waals surface area contributed by atoms with Gasteiger partial charge in [0.15, 0.2) is 0 Å². The first-order valence-corrected chi connectivity index (χ1v) is 5.23. The molecule has 1 heterocycles. The van der Waals surface area contributed by atoms with Gasteiger partial charge in [-0.1, -0.05) is 0 Å². The summed E-state index contributed by atoms with van der Waals surface area (Å²) in [6, 6.07) is 3.69. The zero-order valence-electron chi connectivity index (χ0n) is 10.1. The first kappa shape index (κ1) is 12.9. The first-order valence-electron chi connectivity index (χ1n) is 5.23. The van der Waals surface area contributed by atoms with Crippen molar-refractivity contribution in [1.29, 1.82) is 0 Å². The summed E-state index contributed by atoms with van der Waals surface area (Å²) >= 11 is 0. The highest BCUT2D eigenvalue weighted by Crippen LogP contribution is 2.10. The van der Waals surface area contributed by atoms with E-state index >= 15 is 0 Å². The van der Waals surface area contributed by atoms with Gasteiger partial charge >= 0.3 is 0 Å². The van der Waals surface area contributed by atoms with E-state index in [1.54, 1.807) is 26.1 Å². The molecule has 16 heavy (non-hydrogen) atoms. The van der Waals surface area contributed by atoms with Crippen LogP contribution in [0.3, 0.4) is 0 Å². The Hall–Kier alpha value is -1.17. The predicted octanol–water partition coefficient (Wildman–Crippen LogP) is 0.570. The van der Waals surface area contributed by atoms with Crippen molar-refractivity contribution in [3.05, 3.63) is 24.0 Å². The van der Waals surface area contributed by atoms with Crippen LogP contribution >= 0.6 is 0 Å². The minimum Gasteiger partial charge on any atom is -0.389 e. The van der Waals surface area contributed by atoms with Crippen molar-refractivity contribution >= 4 is 5.69 Å². The van der Waals surface area contributed by atoms with Crippen molar-refractivity contribution in [3.8, 4) is 0 Å². The fraction of sp³-hybridized carbons (Fsp3) is 0.545. The molecule has 0 bridgehead atoms. The Balaban J connectivity index is 2.59. The number of aromatic nitrogens is 1. The molecule has 5 heteroatoms. The fourth-order valence-corrected chi connectivity index (χ4v) is 1.65. The molecular formula is C11H20N4O. The molecule has 0 saturated heterocycles. The van der Waals surface area contributed by atoms with E-state index < -0.39 is 5.60 Å². The van der Waals surface area contributed by atoms with Gasteiger partial charge in [-0.15, -0.1) is 0 Å². The third-order valence-corrected chi connectivity index (χ3v) is 2.07. The molecule has 1 aromatic rings. The minimum absolute atomic E-state index is 0.592. The molecule has 0 aliphatic carbocycles. The zero-order valence-corrected chi connectivity index (χ0v) is 10.1. The van der Waals surface area contributed by atoms with Crippen LogP contribution in [0.25, 0.3) is 0 Å². The van der Waals surface area contributed by atoms with Crippen LogP contribution in [0, 0.1) is 0 Å². The average Bonchev–Trinajstić information content (AvgIpc) is 2.15. The summed E-state index contributed by atoms with van der Waals surface area (Å²) < 4.78 is 0. The van der Waals surface area contributed by atoms with Crippen molar-refractivity contribution in [2.24, 2.45) is 5.84 Å². The number of nitrogens with zero attached hydrogens (tertiary/aromatic N) is 2. The van der Waals surface area contributed by atoms with Gasteiger partial charge in [0, 0.05) is 19.3 Å². The van der Waals surface area contributed by atoms with Crippen LogP contribution in [-0.4, -0.2) is 34.2 Å². The van der Waals surface area contributed by atoms with Gasteiger partial charge in [0.05, 0.1) is 17.0 Å². The lowest BCUT2D eigenvalue weighted by Gasteiger charge is -2.25. The molecule has 0 aliphatic rings. The summed E-state index contributed by atoms with van der Waals surface area (Å²) in [7, 11) is 1.95. The standard InChI is InChI=1S/C11H20N4O/c1-11(2,16)8-15(3)7-10-6-9(14-12)4-5-13-10/h4-6,16H,7-8,12H2,1-3H3,(H,13,14). The second-order valence-electron chi connectivity index (χ2n) is 4.66. The number of aliphatic hydroxyl groups is 1. The molecule has 0 aliphatic heterocycles. The summed E-state index contributed by atoms with van der Waals surface area (Å²) in [4.78, 5) is 6.25. The van der Waals surface area contributed by atoms with E-state index in [2.05, 4.69) is 10.4 Å². The van der Waals surface area contributed by atoms with Crippen LogP contribution in [0.15, 0.2) is 18.3 Å². The molecule has 90 valence electrons. The van der Waals surface area contributed by atoms with Crippen molar-refractivity contribution in [1.82, 2.24) is 9.88 Å². The highest BCUT2D eigenvalue weighted by molar-refractivity contribution is 5.41. The highest BCUT2D eigenvalue weighted by Gasteiger charge is 2.15. The van der Waals surface area contributed by atoms with E-state index in [-0.39, 0.29) is 0 Å². The Morgan fingerprint density at radius 1 is 1.56 bits per heavy atom. The third-order valence-electron chi connectivity index (χ3n) is 2.07. The molecule has 0 amide bonds. The van der Waals surface area contributed by atoms with Crippen molar-refractivity contribution in [3.63, 3.8) is 0 Å². The number of nitrogens with two attached hydrogens (primary N) is 1. The lowest BCUT2D eigenvalue weighted by Crippen LogP contribution is -2.36. The van der Waals surface area contributed by atoms with Gasteiger partial charge in [-0.3, -0.25) is 15.7 Å². The fourth-order valence-electron chi connectivity index (χ4n) is 1.65. The predicted molar refractivity (Wildman–Crippen MR) is 64.7 cm³/mol. The number of nitrogens with one attached hydrogen (secondary N) is 1. The van der Waals surface area contributed by atoms with Gasteiger partial charge in [0.1, 0.15) is 0 Å². The average molecular weight is 224 g/mol. The van der Waals surface area contributed by atoms with E-state index in [1.807, 2.05) is 18.0 Å². The van der Waals surface area contributed by atoms with E-state index in [4.69, 9.17) is 5.84 Å². The quantitative estimate of drug-likeness (QED) is 0.503. The molecular weight excluding hydrogens is 204 g/mol. The van der Waals surface area contributed by atoms with E-state index in [0.29, 0.717) is 13.1 Å². The van der Waals surface area contributed by atoms with E-state index in [9.17, 15) is 5.11 Å². The lowest BCUT2D eigenvalue weighted by atomic mass is 10.1. The number of hydrogen-bond acceptors (Lipinski definition) is 5. The second-order valence-corrected chi connectivity index (χ2v) is 4.66. The number of pyridine rings is 1. The van der Waals surface area contributed by atoms with Crippen LogP contribution in [0.5, 0.6) is 0 Å². The number of rotatable bonds is 5. The highest BCUT2D eigenvalue weighted by atomic mass is 16.3. The summed E-state index contributed by atoms with van der Waals surface area (Å²) in [6.07, 6.45) is 1.71. The summed E-state index contributed by atoms with van der Waals surface area (Å²) in [6.45, 7) is 4.85. The maximum atomic E-state index is 9.67. The minimum atomic E-state index is -0.696. The maximum absolute atomic E-state index is 9.67. The molecule has 5 nitrogen and oxygen atoms in total. The monoisotopic (exact) mass is 224 g/mol. The van der Waals surface area contributed by atoms with Gasteiger partial charge in [-0.25, -0.2) is 0 Å². The largest absolute Gasteiger partial charge is 0.389 e. The van der Waals surface area contributed by atoms with Crippen LogP contribution in [-0.2, 0) is 6.54 Å². The Morgan fingerprint density at radius 2 is 2.25 bits per heavy atom. The number of likely N-dealkylation sites (N-methyl/N-ethyl adjacent to an activating group) is 1. The summed E-state index contributed by atoms with van der Waals surface area (Å²) in [5.41, 5.74) is 3.64. The number of nitrogen functional groups attached to an aromatic ring is 1. The molecule has 0 aromatic carbocycles. The Labute approximate surface area is 96.3 Å². The SMILES string of the molecule is CN(Cc1cc(NN)ccn1)CC(C)(C)O. The van der Waals surface area contributed by atoms with Crippen molar-refractivity contribution < 1.29 is 5.11 Å². The lowest BCUT2D eigenvalue weighted by molar-refractivity contribution is 0.0422. The van der Waals surface area contributed by atoms with Gasteiger partial charge < -0.3 is 10.5 Å². The molecule has 1 aromatic heterocycles. The molecule has 0 atom stereocenters. The van der Waals surface area contributed by atoms with Crippen LogP contribution < -0.4 is 11.3 Å². The van der Waals surface area contributed by atoms with Crippen LogP contribution in [0.2, 0.25) is 0 Å². The van der Waals surface area contributed by atoms with Gasteiger partial charge in [-0.2, -0.15) is 0 Å². The molecule has 0 spiro atoms. The van der Waals surface area contributed by atoms with Gasteiger partial charge in [0.25, 0.3) is 0 Å². The normalized spacial score (nSPS) is 11.9. The summed E-state index contributed by atoms with van der Waals surface area (Å²) in [5.74, 6) is 5.32. The molecule has 0 saturated carbocycles. The molecule has 4 N–H and O–H groups in total. The molecule has 0 radical (unpaired) electrons. The number of hydrogen-bond donors (Lipinski definition) is 3. The van der Waals surface area contributed by atoms with E-state index in [1.165, 1.54) is 0 Å². The zero-order chi connectivity index (χ0) is 12.2. The topological polar surface area (TPSA) is 74.4 Å². The van der Waals surface area contributed by atoms with Crippen LogP contribution in [0.1, 0.15) is 19.5 Å². The Morgan fingerprint density at radius 3 is 2.81 bits per heavy atom. The maximum Gasteiger partial charge on any atom is 0.0718 e. The first-order chi connectivity index (χ1) is 7.40. The second kappa shape index (κ2) is 5.25. The molecule has 0 fully saturated rings. The Kier molecular flexibility index (Phi) is 4.23. The Bertz CT molecular complexity index is 335. The third kappa shape index (κ3) is 4.57. The molecule has 0 unspecified atom stereocenters. The summed E-state index contributed by atoms with van der Waals surface area (Å²) in [5, 5.41) is 9.67. The van der Waals surface area contributed by atoms with Crippen LogP contribution in [0.4, 0.5) is 5.69 Å². The number of anilines is 1. The smallest absolute Gasteiger partial charge is 0.0718 e. The van der Waals surface area contributed by atoms with Crippen molar-refractivity contribution in [2.75, 3.05) is 19.0 Å². The molecule has 1 rings (SSSR count). The van der Waals surface area contributed by atoms with E-state index in [0.717, 1.165) is 11.4 Å². The van der Waals surface area contributed by atoms with Crippen molar-refractivity contribution in [2.45, 2.75) is 26.0 Å². The number of hydrazine groups is 1.